The number of amides is 5. The number of hydrogen-bond donors (Lipinski definition) is 5. The van der Waals surface area contributed by atoms with E-state index >= 15 is 0 Å². The van der Waals surface area contributed by atoms with Gasteiger partial charge in [0.1, 0.15) is 30.3 Å². The molecule has 1 aliphatic heterocycles. The van der Waals surface area contributed by atoms with Gasteiger partial charge in [-0.05, 0) is 44.9 Å². The molecule has 0 aromatic rings. The van der Waals surface area contributed by atoms with Crippen LogP contribution in [-0.2, 0) is 33.5 Å². The summed E-state index contributed by atoms with van der Waals surface area (Å²) in [5.74, 6) is -4.51. The van der Waals surface area contributed by atoms with Crippen molar-refractivity contribution in [3.63, 3.8) is 0 Å². The highest BCUT2D eigenvalue weighted by Gasteiger charge is 2.33. The van der Waals surface area contributed by atoms with Gasteiger partial charge in [0.05, 0.1) is 12.5 Å². The van der Waals surface area contributed by atoms with E-state index in [1.807, 2.05) is 13.8 Å². The summed E-state index contributed by atoms with van der Waals surface area (Å²) >= 11 is 0. The van der Waals surface area contributed by atoms with Crippen molar-refractivity contribution in [2.24, 2.45) is 17.8 Å². The molecule has 12 nitrogen and oxygen atoms in total. The third-order valence-electron chi connectivity index (χ3n) is 7.82. The van der Waals surface area contributed by atoms with Gasteiger partial charge in [0, 0.05) is 0 Å². The van der Waals surface area contributed by atoms with Crippen molar-refractivity contribution in [1.82, 2.24) is 26.6 Å². The quantitative estimate of drug-likeness (QED) is 0.174. The number of carbonyl (C=O) groups is 6. The summed E-state index contributed by atoms with van der Waals surface area (Å²) < 4.78 is 5.75. The highest BCUT2D eigenvalue weighted by molar-refractivity contribution is 5.95. The first-order valence-corrected chi connectivity index (χ1v) is 16.4. The Hall–Kier alpha value is -3.18. The van der Waals surface area contributed by atoms with Crippen LogP contribution < -0.4 is 26.6 Å². The van der Waals surface area contributed by atoms with Crippen LogP contribution in [0, 0.1) is 17.8 Å². The summed E-state index contributed by atoms with van der Waals surface area (Å²) in [5.41, 5.74) is 0. The minimum atomic E-state index is -1.04. The highest BCUT2D eigenvalue weighted by atomic mass is 16.5. The minimum absolute atomic E-state index is 0.0323. The largest absolute Gasteiger partial charge is 0.460 e. The Labute approximate surface area is 263 Å². The molecule has 0 aromatic heterocycles. The number of rotatable bonds is 11. The Balaban J connectivity index is 3.21. The van der Waals surface area contributed by atoms with Crippen LogP contribution in [0.2, 0.25) is 0 Å². The zero-order valence-electron chi connectivity index (χ0n) is 28.0. The average Bonchev–Trinajstić information content (AvgIpc) is 2.95. The van der Waals surface area contributed by atoms with Crippen LogP contribution in [-0.4, -0.2) is 72.3 Å². The summed E-state index contributed by atoms with van der Waals surface area (Å²) in [7, 11) is 0. The van der Waals surface area contributed by atoms with Crippen LogP contribution in [0.25, 0.3) is 0 Å². The van der Waals surface area contributed by atoms with Crippen LogP contribution in [0.5, 0.6) is 0 Å². The number of ether oxygens (including phenoxy) is 1. The van der Waals surface area contributed by atoms with Crippen molar-refractivity contribution in [3.8, 4) is 0 Å². The summed E-state index contributed by atoms with van der Waals surface area (Å²) in [6.45, 7) is 13.7. The molecule has 0 aliphatic carbocycles. The van der Waals surface area contributed by atoms with Gasteiger partial charge in [-0.1, -0.05) is 80.1 Å². The smallest absolute Gasteiger partial charge is 0.328 e. The van der Waals surface area contributed by atoms with E-state index in [-0.39, 0.29) is 18.4 Å². The lowest BCUT2D eigenvalue weighted by Gasteiger charge is -2.27. The highest BCUT2D eigenvalue weighted by Crippen LogP contribution is 2.18. The Morgan fingerprint density at radius 3 is 1.89 bits per heavy atom. The standard InChI is InChI=1S/C32H57N5O7/c1-9-10-11-12-13-14-15-16-25-21(6)28(39)33-18-26(38)37-27(20(4)5)31(42)36-24(17-19(2)3)30(41)34-22(7)29(40)35-23(8)32(43)44-25/h19-25,27H,9-18H2,1-8H3,(H,33,39)(H,34,41)(H,35,40)(H,36,42)(H,37,38)/t21-,22+,23+,24+,25-,27+/m1/s1. The van der Waals surface area contributed by atoms with Crippen molar-refractivity contribution in [2.75, 3.05) is 6.54 Å². The second-order valence-corrected chi connectivity index (χ2v) is 12.8. The Morgan fingerprint density at radius 1 is 0.705 bits per heavy atom. The lowest BCUT2D eigenvalue weighted by atomic mass is 9.97. The van der Waals surface area contributed by atoms with Crippen LogP contribution in [0.15, 0.2) is 0 Å². The van der Waals surface area contributed by atoms with Crippen molar-refractivity contribution in [1.29, 1.82) is 0 Å². The lowest BCUT2D eigenvalue weighted by Crippen LogP contribution is -2.58. The molecule has 6 atom stereocenters. The molecule has 1 saturated heterocycles. The molecule has 0 radical (unpaired) electrons. The number of hydrogen-bond acceptors (Lipinski definition) is 7. The summed E-state index contributed by atoms with van der Waals surface area (Å²) in [5, 5.41) is 13.2. The minimum Gasteiger partial charge on any atom is -0.460 e. The Morgan fingerprint density at radius 2 is 1.30 bits per heavy atom. The molecule has 5 amide bonds. The molecule has 44 heavy (non-hydrogen) atoms. The summed E-state index contributed by atoms with van der Waals surface area (Å²) in [6, 6.07) is -3.98. The fourth-order valence-electron chi connectivity index (χ4n) is 4.96. The molecule has 12 heteroatoms. The number of unbranched alkanes of at least 4 members (excludes halogenated alkanes) is 6. The van der Waals surface area contributed by atoms with Gasteiger partial charge < -0.3 is 31.3 Å². The van der Waals surface area contributed by atoms with Gasteiger partial charge in [0.2, 0.25) is 29.5 Å². The molecule has 0 unspecified atom stereocenters. The maximum absolute atomic E-state index is 13.2. The van der Waals surface area contributed by atoms with Gasteiger partial charge >= 0.3 is 5.97 Å². The Bertz CT molecular complexity index is 971. The first kappa shape index (κ1) is 38.8. The topological polar surface area (TPSA) is 172 Å². The number of nitrogens with one attached hydrogen (secondary N) is 5. The molecule has 1 heterocycles. The third-order valence-corrected chi connectivity index (χ3v) is 7.82. The van der Waals surface area contributed by atoms with Gasteiger partial charge in [-0.15, -0.1) is 0 Å². The second kappa shape index (κ2) is 20.0. The van der Waals surface area contributed by atoms with Crippen LogP contribution in [0.1, 0.15) is 113 Å². The second-order valence-electron chi connectivity index (χ2n) is 12.8. The number of esters is 1. The number of cyclic esters (lactones) is 1. The molecular formula is C32H57N5O7. The van der Waals surface area contributed by atoms with E-state index < -0.39 is 71.7 Å². The molecule has 0 aromatic carbocycles. The van der Waals surface area contributed by atoms with Gasteiger partial charge in [-0.25, -0.2) is 4.79 Å². The maximum atomic E-state index is 13.2. The van der Waals surface area contributed by atoms with E-state index in [4.69, 9.17) is 4.74 Å². The predicted molar refractivity (Wildman–Crippen MR) is 168 cm³/mol. The third kappa shape index (κ3) is 14.1. The molecule has 1 aliphatic rings. The fourth-order valence-corrected chi connectivity index (χ4v) is 4.96. The van der Waals surface area contributed by atoms with E-state index in [0.717, 1.165) is 32.1 Å². The van der Waals surface area contributed by atoms with E-state index in [1.54, 1.807) is 20.8 Å². The molecular weight excluding hydrogens is 566 g/mol. The average molecular weight is 624 g/mol. The number of carbonyl (C=O) groups excluding carboxylic acids is 6. The molecule has 1 fully saturated rings. The maximum Gasteiger partial charge on any atom is 0.328 e. The van der Waals surface area contributed by atoms with Gasteiger partial charge in [-0.2, -0.15) is 0 Å². The van der Waals surface area contributed by atoms with Gasteiger partial charge in [-0.3, -0.25) is 24.0 Å². The lowest BCUT2D eigenvalue weighted by molar-refractivity contribution is -0.157. The van der Waals surface area contributed by atoms with Crippen LogP contribution in [0.3, 0.4) is 0 Å². The van der Waals surface area contributed by atoms with Crippen molar-refractivity contribution >= 4 is 35.5 Å². The zero-order chi connectivity index (χ0) is 33.4. The molecule has 0 spiro atoms. The van der Waals surface area contributed by atoms with Crippen molar-refractivity contribution in [3.05, 3.63) is 0 Å². The van der Waals surface area contributed by atoms with Crippen molar-refractivity contribution < 1.29 is 33.5 Å². The molecule has 252 valence electrons. The monoisotopic (exact) mass is 623 g/mol. The SMILES string of the molecule is CCCCCCCCC[C@H]1OC(=O)[C@H](C)NC(=O)[C@H](C)NC(=O)[C@H](CC(C)C)NC(=O)[C@H](C(C)C)NC(=O)CNC(=O)[C@@H]1C. The van der Waals surface area contributed by atoms with Crippen LogP contribution >= 0.6 is 0 Å². The fraction of sp³-hybridized carbons (Fsp3) is 0.812. The summed E-state index contributed by atoms with van der Waals surface area (Å²) in [4.78, 5) is 78.2. The van der Waals surface area contributed by atoms with E-state index in [0.29, 0.717) is 12.8 Å². The zero-order valence-corrected chi connectivity index (χ0v) is 28.0. The van der Waals surface area contributed by atoms with Gasteiger partial charge in [0.15, 0.2) is 0 Å². The first-order chi connectivity index (χ1) is 20.7. The molecule has 1 rings (SSSR count). The summed E-state index contributed by atoms with van der Waals surface area (Å²) in [6.07, 6.45) is 7.32. The molecule has 5 N–H and O–H groups in total. The van der Waals surface area contributed by atoms with Crippen LogP contribution in [0.4, 0.5) is 0 Å². The molecule has 0 saturated carbocycles. The van der Waals surface area contributed by atoms with E-state index in [2.05, 4.69) is 33.5 Å². The Kier molecular flexibility index (Phi) is 17.6. The first-order valence-electron chi connectivity index (χ1n) is 16.4. The predicted octanol–water partition coefficient (Wildman–Crippen LogP) is 2.49. The van der Waals surface area contributed by atoms with Crippen molar-refractivity contribution in [2.45, 2.75) is 143 Å². The molecule has 0 bridgehead atoms. The van der Waals surface area contributed by atoms with Gasteiger partial charge in [0.25, 0.3) is 0 Å². The normalized spacial score (nSPS) is 26.9. The van der Waals surface area contributed by atoms with E-state index in [9.17, 15) is 28.8 Å². The van der Waals surface area contributed by atoms with E-state index in [1.165, 1.54) is 26.7 Å².